The highest BCUT2D eigenvalue weighted by molar-refractivity contribution is 14.1. The zero-order valence-corrected chi connectivity index (χ0v) is 18.2. The van der Waals surface area contributed by atoms with E-state index in [-0.39, 0.29) is 16.6 Å². The van der Waals surface area contributed by atoms with Gasteiger partial charge in [0, 0.05) is 26.3 Å². The Bertz CT molecular complexity index is 1070. The van der Waals surface area contributed by atoms with Crippen LogP contribution < -0.4 is 14.9 Å². The molecule has 1 heterocycles. The molecule has 2 aromatic rings. The third kappa shape index (κ3) is 3.36. The maximum atomic E-state index is 14.8. The molecule has 0 saturated heterocycles. The predicted molar refractivity (Wildman–Crippen MR) is 110 cm³/mol. The molecule has 0 aromatic heterocycles. The van der Waals surface area contributed by atoms with Gasteiger partial charge in [-0.15, -0.1) is 15.7 Å². The monoisotopic (exact) mass is 539 g/mol. The average Bonchev–Trinajstić information content (AvgIpc) is 2.66. The minimum Gasteiger partial charge on any atom is -0.423 e. The Kier molecular flexibility index (Phi) is 5.56. The number of benzene rings is 2. The summed E-state index contributed by atoms with van der Waals surface area (Å²) < 4.78 is 76.3. The number of anilines is 1. The maximum Gasteiger partial charge on any atom is 0.483 e. The molecule has 2 atom stereocenters. The summed E-state index contributed by atoms with van der Waals surface area (Å²) in [6.07, 6.45) is 1.02. The van der Waals surface area contributed by atoms with E-state index in [0.29, 0.717) is 14.5 Å². The fourth-order valence-corrected chi connectivity index (χ4v) is 3.96. The molecule has 0 bridgehead atoms. The van der Waals surface area contributed by atoms with Crippen LogP contribution in [0.25, 0.3) is 11.1 Å². The van der Waals surface area contributed by atoms with E-state index in [0.717, 1.165) is 6.07 Å². The van der Waals surface area contributed by atoms with Crippen molar-refractivity contribution in [3.05, 3.63) is 38.7 Å². The van der Waals surface area contributed by atoms with E-state index in [4.69, 9.17) is 6.42 Å². The number of amides is 1. The number of rotatable bonds is 2. The molecule has 152 valence electrons. The molecule has 29 heavy (non-hydrogen) atoms. The normalized spacial score (nSPS) is 16.1. The highest BCUT2D eigenvalue weighted by Gasteiger charge is 2.52. The lowest BCUT2D eigenvalue weighted by Crippen LogP contribution is -2.53. The Morgan fingerprint density at radius 1 is 1.28 bits per heavy atom. The molecule has 3 nitrogen and oxygen atoms in total. The van der Waals surface area contributed by atoms with Gasteiger partial charge in [0.1, 0.15) is 5.82 Å². The first-order valence-corrected chi connectivity index (χ1v) is 9.71. The van der Waals surface area contributed by atoms with Crippen molar-refractivity contribution in [2.75, 3.05) is 4.90 Å². The van der Waals surface area contributed by atoms with Gasteiger partial charge < -0.3 is 4.74 Å². The summed E-state index contributed by atoms with van der Waals surface area (Å²) in [6.45, 7) is 2.67. The zero-order valence-electron chi connectivity index (χ0n) is 14.9. The van der Waals surface area contributed by atoms with Crippen LogP contribution in [-0.2, 0) is 4.79 Å². The number of nitrogens with zero attached hydrogens (tertiary/aromatic N) is 1. The summed E-state index contributed by atoms with van der Waals surface area (Å²) in [4.78, 5) is 12.7. The van der Waals surface area contributed by atoms with E-state index in [9.17, 15) is 26.7 Å². The molecule has 0 saturated carbocycles. The summed E-state index contributed by atoms with van der Waals surface area (Å²) in [6, 6.07) is 0.405. The molecular weight excluding hydrogens is 527 g/mol. The minimum atomic E-state index is -4.26. The van der Waals surface area contributed by atoms with Gasteiger partial charge in [-0.3, -0.25) is 9.69 Å². The van der Waals surface area contributed by atoms with E-state index in [1.165, 1.54) is 13.8 Å². The van der Waals surface area contributed by atoms with Gasteiger partial charge in [-0.1, -0.05) is 5.92 Å². The van der Waals surface area contributed by atoms with Crippen LogP contribution in [0.2, 0.25) is 0 Å². The third-order valence-corrected chi connectivity index (χ3v) is 7.04. The predicted octanol–water partition coefficient (Wildman–Crippen LogP) is 4.52. The van der Waals surface area contributed by atoms with Gasteiger partial charge in [-0.05, 0) is 47.8 Å². The second kappa shape index (κ2) is 7.40. The highest BCUT2D eigenvalue weighted by Crippen LogP contribution is 2.44. The van der Waals surface area contributed by atoms with E-state index < -0.39 is 52.4 Å². The van der Waals surface area contributed by atoms with Crippen molar-refractivity contribution in [2.24, 2.45) is 0 Å². The van der Waals surface area contributed by atoms with Crippen LogP contribution >= 0.6 is 31.8 Å². The Labute approximate surface area is 178 Å². The topological polar surface area (TPSA) is 29.5 Å². The van der Waals surface area contributed by atoms with Gasteiger partial charge in [0.25, 0.3) is 0 Å². The largest absolute Gasteiger partial charge is 0.483 e. The lowest BCUT2D eigenvalue weighted by Gasteiger charge is -2.35. The van der Waals surface area contributed by atoms with Crippen molar-refractivity contribution in [3.8, 4) is 29.2 Å². The molecule has 0 radical (unpaired) electrons. The van der Waals surface area contributed by atoms with Gasteiger partial charge >= 0.3 is 12.0 Å². The number of carbonyl (C=O) groups excluding carboxylic acids is 1. The Balaban J connectivity index is 2.34. The minimum absolute atomic E-state index is 0.0379. The van der Waals surface area contributed by atoms with Crippen LogP contribution in [-0.4, -0.2) is 18.1 Å². The van der Waals surface area contributed by atoms with Gasteiger partial charge in [0.05, 0.1) is 11.7 Å². The van der Waals surface area contributed by atoms with Crippen molar-refractivity contribution < 1.29 is 31.5 Å². The van der Waals surface area contributed by atoms with Crippen LogP contribution in [0.5, 0.6) is 5.75 Å². The number of terminal acetylenes is 1. The van der Waals surface area contributed by atoms with Crippen molar-refractivity contribution in [3.63, 3.8) is 0 Å². The molecule has 0 N–H and O–H groups in total. The molecule has 1 amide bonds. The van der Waals surface area contributed by atoms with Gasteiger partial charge in [0.2, 0.25) is 0 Å². The molecule has 2 aromatic carbocycles. The summed E-state index contributed by atoms with van der Waals surface area (Å²) in [5.41, 5.74) is -1.08. The number of fused-ring (bicyclic) bond motifs is 1. The fraction of sp³-hybridized carbons (Fsp3) is 0.211. The molecule has 0 aliphatic carbocycles. The lowest BCUT2D eigenvalue weighted by molar-refractivity contribution is -0.193. The molecule has 0 spiro atoms. The van der Waals surface area contributed by atoms with E-state index in [2.05, 4.69) is 19.9 Å². The van der Waals surface area contributed by atoms with Gasteiger partial charge in [0.15, 0.2) is 17.4 Å². The summed E-state index contributed by atoms with van der Waals surface area (Å²) in [5, 5.41) is 0.172. The molecule has 3 rings (SSSR count). The van der Waals surface area contributed by atoms with Crippen LogP contribution in [0.1, 0.15) is 12.5 Å². The number of ether oxygens (including phenoxy) is 1. The maximum absolute atomic E-state index is 14.8. The first kappa shape index (κ1) is 21.8. The SMILES string of the molecule is C#C[C@@H](C)N1C(=O)C(F)(F)Oc2cc(F)c(-c3c(F)c(F)c(C)c(I)c3P)cc21. The van der Waals surface area contributed by atoms with Crippen molar-refractivity contribution >= 4 is 48.7 Å². The Morgan fingerprint density at radius 2 is 1.90 bits per heavy atom. The van der Waals surface area contributed by atoms with Crippen molar-refractivity contribution in [1.82, 2.24) is 0 Å². The lowest BCUT2D eigenvalue weighted by atomic mass is 9.99. The van der Waals surface area contributed by atoms with Crippen LogP contribution in [0.4, 0.5) is 27.6 Å². The van der Waals surface area contributed by atoms with E-state index in [1.54, 1.807) is 22.6 Å². The van der Waals surface area contributed by atoms with Crippen molar-refractivity contribution in [1.29, 1.82) is 0 Å². The van der Waals surface area contributed by atoms with E-state index in [1.807, 2.05) is 0 Å². The molecule has 1 aliphatic rings. The number of alkyl halides is 2. The van der Waals surface area contributed by atoms with Gasteiger partial charge in [-0.2, -0.15) is 8.78 Å². The third-order valence-electron chi connectivity index (χ3n) is 4.49. The number of carbonyl (C=O) groups is 1. The molecule has 1 aliphatic heterocycles. The van der Waals surface area contributed by atoms with Crippen LogP contribution in [0.15, 0.2) is 12.1 Å². The van der Waals surface area contributed by atoms with E-state index >= 15 is 0 Å². The first-order chi connectivity index (χ1) is 13.4. The highest BCUT2D eigenvalue weighted by atomic mass is 127. The number of hydrogen-bond acceptors (Lipinski definition) is 2. The van der Waals surface area contributed by atoms with Crippen molar-refractivity contribution in [2.45, 2.75) is 26.0 Å². The van der Waals surface area contributed by atoms with Gasteiger partial charge in [-0.25, -0.2) is 13.2 Å². The Hall–Kier alpha value is -1.92. The first-order valence-electron chi connectivity index (χ1n) is 8.05. The smallest absolute Gasteiger partial charge is 0.423 e. The number of hydrogen-bond donors (Lipinski definition) is 0. The van der Waals surface area contributed by atoms with Crippen LogP contribution in [0, 0.1) is 40.3 Å². The molecule has 0 fully saturated rings. The number of halogens is 6. The second-order valence-electron chi connectivity index (χ2n) is 6.29. The van der Waals surface area contributed by atoms with Crippen LogP contribution in [0.3, 0.4) is 0 Å². The summed E-state index contributed by atoms with van der Waals surface area (Å²) in [5.74, 6) is -3.85. The standard InChI is InChI=1S/C19H12F5INO2P/c1-4-7(2)26-11-5-9(10(20)6-12(11)28-19(23,24)18(26)27)13-15(22)14(21)8(3)16(25)17(13)29/h1,5-7H,29H2,2-3H3/t7-/m1/s1. The molecule has 10 heteroatoms. The summed E-state index contributed by atoms with van der Waals surface area (Å²) in [7, 11) is 2.21. The molecule has 1 unspecified atom stereocenters. The second-order valence-corrected chi connectivity index (χ2v) is 7.95. The average molecular weight is 539 g/mol. The quantitative estimate of drug-likeness (QED) is 0.185. The fourth-order valence-electron chi connectivity index (χ4n) is 2.96. The Morgan fingerprint density at radius 3 is 2.48 bits per heavy atom. The zero-order chi connectivity index (χ0) is 21.8. The molecular formula is C19H12F5INO2P. The summed E-state index contributed by atoms with van der Waals surface area (Å²) >= 11 is 1.78.